The lowest BCUT2D eigenvalue weighted by atomic mass is 10.2. The number of nitro groups is 1. The first-order chi connectivity index (χ1) is 11.1. The Balaban J connectivity index is 2.48. The van der Waals surface area contributed by atoms with Crippen molar-refractivity contribution in [3.05, 3.63) is 33.9 Å². The zero-order chi connectivity index (χ0) is 18.3. The Kier molecular flexibility index (Phi) is 6.97. The molecule has 1 aromatic rings. The van der Waals surface area contributed by atoms with Gasteiger partial charge in [0.25, 0.3) is 0 Å². The standard InChI is InChI=1S/C16H24N2O6/c1-11(17-15(19)24-16(2,3)4)9-23-10-12-6-7-14(22-5)13(8-12)18(20)21/h6-8,11H,9-10H2,1-5H3,(H,17,19)/t11-/m0/s1. The Bertz CT molecular complexity index is 582. The van der Waals surface area contributed by atoms with Crippen LogP contribution < -0.4 is 10.1 Å². The van der Waals surface area contributed by atoms with Crippen molar-refractivity contribution in [2.75, 3.05) is 13.7 Å². The fourth-order valence-electron chi connectivity index (χ4n) is 1.87. The molecule has 0 aliphatic carbocycles. The largest absolute Gasteiger partial charge is 0.490 e. The van der Waals surface area contributed by atoms with Crippen molar-refractivity contribution >= 4 is 11.8 Å². The average molecular weight is 340 g/mol. The molecular weight excluding hydrogens is 316 g/mol. The molecule has 0 saturated carbocycles. The van der Waals surface area contributed by atoms with Crippen LogP contribution in [0.2, 0.25) is 0 Å². The van der Waals surface area contributed by atoms with Crippen LogP contribution in [-0.4, -0.2) is 36.4 Å². The molecule has 1 atom stereocenters. The molecule has 0 saturated heterocycles. The highest BCUT2D eigenvalue weighted by Gasteiger charge is 2.18. The second-order valence-electron chi connectivity index (χ2n) is 6.33. The topological polar surface area (TPSA) is 99.9 Å². The van der Waals surface area contributed by atoms with E-state index in [-0.39, 0.29) is 30.7 Å². The highest BCUT2D eigenvalue weighted by Crippen LogP contribution is 2.27. The van der Waals surface area contributed by atoms with Gasteiger partial charge in [-0.05, 0) is 39.3 Å². The van der Waals surface area contributed by atoms with Crippen LogP contribution in [0.5, 0.6) is 5.75 Å². The molecule has 8 nitrogen and oxygen atoms in total. The number of hydrogen-bond acceptors (Lipinski definition) is 6. The summed E-state index contributed by atoms with van der Waals surface area (Å²) in [5, 5.41) is 13.6. The third kappa shape index (κ3) is 6.82. The Labute approximate surface area is 141 Å². The smallest absolute Gasteiger partial charge is 0.407 e. The number of methoxy groups -OCH3 is 1. The first kappa shape index (κ1) is 19.7. The zero-order valence-corrected chi connectivity index (χ0v) is 14.6. The molecule has 0 unspecified atom stereocenters. The fraction of sp³-hybridized carbons (Fsp3) is 0.562. The first-order valence-corrected chi connectivity index (χ1v) is 7.51. The summed E-state index contributed by atoms with van der Waals surface area (Å²) >= 11 is 0. The van der Waals surface area contributed by atoms with Gasteiger partial charge in [-0.2, -0.15) is 0 Å². The summed E-state index contributed by atoms with van der Waals surface area (Å²) in [6.45, 7) is 7.56. The van der Waals surface area contributed by atoms with Crippen LogP contribution in [0, 0.1) is 10.1 Å². The molecule has 1 N–H and O–H groups in total. The number of alkyl carbamates (subject to hydrolysis) is 1. The van der Waals surface area contributed by atoms with Gasteiger partial charge in [0, 0.05) is 6.07 Å². The molecule has 0 aliphatic rings. The fourth-order valence-corrected chi connectivity index (χ4v) is 1.87. The van der Waals surface area contributed by atoms with E-state index in [2.05, 4.69) is 5.32 Å². The molecule has 8 heteroatoms. The Hall–Kier alpha value is -2.35. The first-order valence-electron chi connectivity index (χ1n) is 7.51. The Morgan fingerprint density at radius 1 is 1.38 bits per heavy atom. The molecule has 0 bridgehead atoms. The number of hydrogen-bond donors (Lipinski definition) is 1. The van der Waals surface area contributed by atoms with Crippen molar-refractivity contribution in [2.24, 2.45) is 0 Å². The average Bonchev–Trinajstić information content (AvgIpc) is 2.44. The molecule has 24 heavy (non-hydrogen) atoms. The van der Waals surface area contributed by atoms with Crippen molar-refractivity contribution in [1.82, 2.24) is 5.32 Å². The van der Waals surface area contributed by atoms with Gasteiger partial charge in [-0.25, -0.2) is 4.79 Å². The van der Waals surface area contributed by atoms with Crippen LogP contribution >= 0.6 is 0 Å². The van der Waals surface area contributed by atoms with E-state index in [1.54, 1.807) is 33.8 Å². The van der Waals surface area contributed by atoms with Gasteiger partial charge in [0.1, 0.15) is 5.60 Å². The van der Waals surface area contributed by atoms with Crippen LogP contribution in [0.15, 0.2) is 18.2 Å². The lowest BCUT2D eigenvalue weighted by molar-refractivity contribution is -0.385. The second kappa shape index (κ2) is 8.49. The van der Waals surface area contributed by atoms with Gasteiger partial charge in [0.15, 0.2) is 5.75 Å². The van der Waals surface area contributed by atoms with Gasteiger partial charge in [-0.1, -0.05) is 6.07 Å². The number of nitrogens with zero attached hydrogens (tertiary/aromatic N) is 1. The molecule has 1 amide bonds. The lowest BCUT2D eigenvalue weighted by Gasteiger charge is -2.21. The van der Waals surface area contributed by atoms with Crippen LogP contribution in [0.4, 0.5) is 10.5 Å². The predicted molar refractivity (Wildman–Crippen MR) is 88.1 cm³/mol. The van der Waals surface area contributed by atoms with Gasteiger partial charge in [0.05, 0.1) is 31.3 Å². The number of nitrogens with one attached hydrogen (secondary N) is 1. The van der Waals surface area contributed by atoms with Gasteiger partial charge in [-0.3, -0.25) is 10.1 Å². The predicted octanol–water partition coefficient (Wildman–Crippen LogP) is 3.03. The van der Waals surface area contributed by atoms with E-state index in [0.717, 1.165) is 0 Å². The Morgan fingerprint density at radius 3 is 2.58 bits per heavy atom. The number of ether oxygens (including phenoxy) is 3. The third-order valence-corrected chi connectivity index (χ3v) is 2.84. The van der Waals surface area contributed by atoms with E-state index in [0.29, 0.717) is 5.56 Å². The molecule has 0 aliphatic heterocycles. The van der Waals surface area contributed by atoms with Crippen LogP contribution in [0.3, 0.4) is 0 Å². The van der Waals surface area contributed by atoms with E-state index < -0.39 is 16.6 Å². The summed E-state index contributed by atoms with van der Waals surface area (Å²) in [6, 6.07) is 4.37. The van der Waals surface area contributed by atoms with Crippen molar-refractivity contribution in [3.8, 4) is 5.75 Å². The molecule has 1 aromatic carbocycles. The minimum absolute atomic E-state index is 0.112. The summed E-state index contributed by atoms with van der Waals surface area (Å²) in [5.74, 6) is 0.198. The van der Waals surface area contributed by atoms with E-state index in [1.807, 2.05) is 0 Å². The molecule has 0 spiro atoms. The number of amides is 1. The second-order valence-corrected chi connectivity index (χ2v) is 6.33. The summed E-state index contributed by atoms with van der Waals surface area (Å²) in [4.78, 5) is 22.1. The number of carbonyl (C=O) groups excluding carboxylic acids is 1. The molecule has 1 rings (SSSR count). The maximum absolute atomic E-state index is 11.6. The van der Waals surface area contributed by atoms with Crippen molar-refractivity contribution in [1.29, 1.82) is 0 Å². The molecule has 0 aromatic heterocycles. The van der Waals surface area contributed by atoms with E-state index in [4.69, 9.17) is 14.2 Å². The van der Waals surface area contributed by atoms with Gasteiger partial charge in [-0.15, -0.1) is 0 Å². The number of carbonyl (C=O) groups is 1. The monoisotopic (exact) mass is 340 g/mol. The molecule has 0 radical (unpaired) electrons. The molecular formula is C16H24N2O6. The van der Waals surface area contributed by atoms with Crippen LogP contribution in [0.1, 0.15) is 33.3 Å². The highest BCUT2D eigenvalue weighted by atomic mass is 16.6. The van der Waals surface area contributed by atoms with Crippen molar-refractivity contribution in [3.63, 3.8) is 0 Å². The normalized spacial score (nSPS) is 12.4. The van der Waals surface area contributed by atoms with E-state index >= 15 is 0 Å². The van der Waals surface area contributed by atoms with Gasteiger partial charge in [0.2, 0.25) is 0 Å². The molecule has 0 heterocycles. The number of benzene rings is 1. The van der Waals surface area contributed by atoms with E-state index in [1.165, 1.54) is 19.2 Å². The molecule has 134 valence electrons. The van der Waals surface area contributed by atoms with Gasteiger partial charge >= 0.3 is 11.8 Å². The number of rotatable bonds is 7. The highest BCUT2D eigenvalue weighted by molar-refractivity contribution is 5.68. The van der Waals surface area contributed by atoms with Crippen LogP contribution in [-0.2, 0) is 16.1 Å². The van der Waals surface area contributed by atoms with E-state index in [9.17, 15) is 14.9 Å². The van der Waals surface area contributed by atoms with Gasteiger partial charge < -0.3 is 19.5 Å². The summed E-state index contributed by atoms with van der Waals surface area (Å²) in [6.07, 6.45) is -0.515. The Morgan fingerprint density at radius 2 is 2.04 bits per heavy atom. The van der Waals surface area contributed by atoms with Crippen LogP contribution in [0.25, 0.3) is 0 Å². The summed E-state index contributed by atoms with van der Waals surface area (Å²) in [7, 11) is 1.38. The lowest BCUT2D eigenvalue weighted by Crippen LogP contribution is -2.39. The minimum Gasteiger partial charge on any atom is -0.490 e. The maximum Gasteiger partial charge on any atom is 0.407 e. The minimum atomic E-state index is -0.563. The molecule has 0 fully saturated rings. The number of nitro benzene ring substituents is 1. The quantitative estimate of drug-likeness (QED) is 0.605. The summed E-state index contributed by atoms with van der Waals surface area (Å²) < 4.78 is 15.6. The maximum atomic E-state index is 11.6. The summed E-state index contributed by atoms with van der Waals surface area (Å²) in [5.41, 5.74) is -0.0299. The van der Waals surface area contributed by atoms with Crippen molar-refractivity contribution in [2.45, 2.75) is 45.9 Å². The zero-order valence-electron chi connectivity index (χ0n) is 14.6. The SMILES string of the molecule is COc1ccc(COC[C@H](C)NC(=O)OC(C)(C)C)cc1[N+](=O)[O-]. The van der Waals surface area contributed by atoms with Crippen molar-refractivity contribution < 1.29 is 23.9 Å². The third-order valence-electron chi connectivity index (χ3n) is 2.84.